The molecule has 16 heavy (non-hydrogen) atoms. The summed E-state index contributed by atoms with van der Waals surface area (Å²) in [5, 5.41) is 9.96. The molecule has 0 spiro atoms. The lowest BCUT2D eigenvalue weighted by molar-refractivity contribution is 0.163. The van der Waals surface area contributed by atoms with Crippen LogP contribution in [0.5, 0.6) is 0 Å². The molecule has 0 amide bonds. The molecular weight excluding hydrogens is 248 g/mol. The molecule has 0 aliphatic heterocycles. The Morgan fingerprint density at radius 3 is 2.12 bits per heavy atom. The van der Waals surface area contributed by atoms with Crippen LogP contribution in [0.4, 0.5) is 0 Å². The molecule has 0 fully saturated rings. The predicted octanol–water partition coefficient (Wildman–Crippen LogP) is 2.03. The molecule has 2 unspecified atom stereocenters. The predicted molar refractivity (Wildman–Crippen MR) is 65.2 cm³/mol. The second-order valence-corrected chi connectivity index (χ2v) is 7.47. The molecule has 5 heteroatoms. The lowest BCUT2D eigenvalue weighted by atomic mass is 10.1. The summed E-state index contributed by atoms with van der Waals surface area (Å²) in [6, 6.07) is 6.94. The van der Waals surface area contributed by atoms with Gasteiger partial charge in [0.25, 0.3) is 0 Å². The first-order valence-corrected chi connectivity index (χ1v) is 7.06. The van der Waals surface area contributed by atoms with Gasteiger partial charge in [-0.3, -0.25) is 0 Å². The van der Waals surface area contributed by atoms with Crippen molar-refractivity contribution in [1.82, 2.24) is 0 Å². The van der Waals surface area contributed by atoms with E-state index in [1.807, 2.05) is 6.92 Å². The molecule has 1 aromatic carbocycles. The third-order valence-electron chi connectivity index (χ3n) is 2.61. The van der Waals surface area contributed by atoms with E-state index >= 15 is 0 Å². The van der Waals surface area contributed by atoms with E-state index < -0.39 is 20.1 Å². The van der Waals surface area contributed by atoms with E-state index in [4.69, 9.17) is 11.6 Å². The van der Waals surface area contributed by atoms with Crippen molar-refractivity contribution in [3.05, 3.63) is 35.4 Å². The Labute approximate surface area is 101 Å². The van der Waals surface area contributed by atoms with Gasteiger partial charge in [0.15, 0.2) is 14.0 Å². The fourth-order valence-electron chi connectivity index (χ4n) is 1.25. The lowest BCUT2D eigenvalue weighted by Gasteiger charge is -2.26. The van der Waals surface area contributed by atoms with Crippen LogP contribution in [0.2, 0.25) is 0 Å². The number of aliphatic hydroxyl groups excluding tert-OH is 1. The topological polar surface area (TPSA) is 54.4 Å². The Hall–Kier alpha value is -0.580. The second kappa shape index (κ2) is 4.35. The van der Waals surface area contributed by atoms with E-state index in [0.29, 0.717) is 5.56 Å². The van der Waals surface area contributed by atoms with Gasteiger partial charge in [-0.25, -0.2) is 8.42 Å². The molecule has 0 saturated heterocycles. The summed E-state index contributed by atoms with van der Waals surface area (Å²) < 4.78 is 21.2. The molecule has 0 aliphatic rings. The molecule has 0 radical (unpaired) electrons. The third kappa shape index (κ3) is 2.56. The van der Waals surface area contributed by atoms with Crippen molar-refractivity contribution in [1.29, 1.82) is 0 Å². The maximum absolute atomic E-state index is 11.4. The molecule has 90 valence electrons. The van der Waals surface area contributed by atoms with Crippen molar-refractivity contribution in [2.45, 2.75) is 24.2 Å². The summed E-state index contributed by atoms with van der Waals surface area (Å²) in [5.41, 5.74) is 1.53. The largest absolute Gasteiger partial charge is 0.385 e. The summed E-state index contributed by atoms with van der Waals surface area (Å²) in [6.07, 6.45) is -0.234. The summed E-state index contributed by atoms with van der Waals surface area (Å²) >= 11 is 5.90. The van der Waals surface area contributed by atoms with E-state index in [0.717, 1.165) is 11.8 Å². The van der Waals surface area contributed by atoms with Crippen molar-refractivity contribution in [3.8, 4) is 0 Å². The van der Waals surface area contributed by atoms with Crippen molar-refractivity contribution < 1.29 is 13.5 Å². The van der Waals surface area contributed by atoms with Gasteiger partial charge in [0.05, 0.1) is 0 Å². The summed E-state index contributed by atoms with van der Waals surface area (Å²) in [7, 11) is -3.54. The molecule has 0 aromatic heterocycles. The Balaban J connectivity index is 3.12. The smallest absolute Gasteiger partial charge is 0.172 e. The summed E-state index contributed by atoms with van der Waals surface area (Å²) in [4.78, 5) is 0. The highest BCUT2D eigenvalue weighted by molar-refractivity contribution is 7.93. The molecule has 1 N–H and O–H groups in total. The van der Waals surface area contributed by atoms with E-state index in [1.165, 1.54) is 6.92 Å². The summed E-state index contributed by atoms with van der Waals surface area (Å²) in [6.45, 7) is 3.21. The number of hydrogen-bond acceptors (Lipinski definition) is 3. The van der Waals surface area contributed by atoms with Crippen LogP contribution in [0.25, 0.3) is 0 Å². The van der Waals surface area contributed by atoms with Crippen LogP contribution in [-0.4, -0.2) is 24.0 Å². The normalized spacial score (nSPS) is 17.8. The van der Waals surface area contributed by atoms with E-state index in [1.54, 1.807) is 24.3 Å². The van der Waals surface area contributed by atoms with Gasteiger partial charge in [0.2, 0.25) is 0 Å². The quantitative estimate of drug-likeness (QED) is 0.848. The zero-order valence-corrected chi connectivity index (χ0v) is 11.0. The molecule has 0 aliphatic carbocycles. The first-order valence-electron chi connectivity index (χ1n) is 4.79. The van der Waals surface area contributed by atoms with Crippen molar-refractivity contribution >= 4 is 21.4 Å². The van der Waals surface area contributed by atoms with Gasteiger partial charge in [-0.1, -0.05) is 41.4 Å². The van der Waals surface area contributed by atoms with E-state index in [-0.39, 0.29) is 0 Å². The van der Waals surface area contributed by atoms with Gasteiger partial charge < -0.3 is 5.11 Å². The Kier molecular flexibility index (Phi) is 3.67. The first kappa shape index (κ1) is 13.5. The average molecular weight is 263 g/mol. The number of rotatable bonds is 3. The minimum Gasteiger partial charge on any atom is -0.385 e. The maximum atomic E-state index is 11.4. The van der Waals surface area contributed by atoms with E-state index in [9.17, 15) is 13.5 Å². The number of benzene rings is 1. The van der Waals surface area contributed by atoms with Crippen molar-refractivity contribution in [2.75, 3.05) is 6.26 Å². The molecule has 0 bridgehead atoms. The molecule has 0 saturated carbocycles. The van der Waals surface area contributed by atoms with Crippen LogP contribution in [0.15, 0.2) is 24.3 Å². The van der Waals surface area contributed by atoms with Crippen molar-refractivity contribution in [3.63, 3.8) is 0 Å². The zero-order chi connectivity index (χ0) is 12.6. The van der Waals surface area contributed by atoms with Gasteiger partial charge in [-0.05, 0) is 19.4 Å². The van der Waals surface area contributed by atoms with E-state index in [2.05, 4.69) is 0 Å². The Morgan fingerprint density at radius 2 is 1.75 bits per heavy atom. The van der Waals surface area contributed by atoms with Gasteiger partial charge in [-0.2, -0.15) is 0 Å². The molecule has 1 aromatic rings. The van der Waals surface area contributed by atoms with Crippen molar-refractivity contribution in [2.24, 2.45) is 0 Å². The van der Waals surface area contributed by atoms with Crippen LogP contribution in [0.1, 0.15) is 24.2 Å². The molecule has 3 nitrogen and oxygen atoms in total. The number of aryl methyl sites for hydroxylation is 1. The monoisotopic (exact) mass is 262 g/mol. The molecule has 2 atom stereocenters. The number of halogens is 1. The lowest BCUT2D eigenvalue weighted by Crippen LogP contribution is -2.35. The molecule has 1 rings (SSSR count). The minimum atomic E-state index is -3.54. The SMILES string of the molecule is Cc1ccc(C(O)C(C)(Cl)S(C)(=O)=O)cc1. The second-order valence-electron chi connectivity index (χ2n) is 4.07. The third-order valence-corrected chi connectivity index (χ3v) is 5.33. The average Bonchev–Trinajstić information content (AvgIpc) is 2.16. The van der Waals surface area contributed by atoms with Gasteiger partial charge >= 0.3 is 0 Å². The fourth-order valence-corrected chi connectivity index (χ4v) is 1.92. The molecule has 0 heterocycles. The van der Waals surface area contributed by atoms with Crippen LogP contribution >= 0.6 is 11.6 Å². The summed E-state index contributed by atoms with van der Waals surface area (Å²) in [5.74, 6) is 0. The Bertz CT molecular complexity index is 463. The molecular formula is C11H15ClO3S. The standard InChI is InChI=1S/C11H15ClO3S/c1-8-4-6-9(7-5-8)10(13)11(2,12)16(3,14)15/h4-7,10,13H,1-3H3. The van der Waals surface area contributed by atoms with Gasteiger partial charge in [-0.15, -0.1) is 0 Å². The maximum Gasteiger partial charge on any atom is 0.172 e. The highest BCUT2D eigenvalue weighted by Crippen LogP contribution is 2.36. The zero-order valence-electron chi connectivity index (χ0n) is 9.44. The van der Waals surface area contributed by atoms with Gasteiger partial charge in [0.1, 0.15) is 6.10 Å². The first-order chi connectivity index (χ1) is 7.16. The highest BCUT2D eigenvalue weighted by atomic mass is 35.5. The van der Waals surface area contributed by atoms with Gasteiger partial charge in [0, 0.05) is 6.26 Å². The van der Waals surface area contributed by atoms with Crippen LogP contribution in [-0.2, 0) is 9.84 Å². The van der Waals surface area contributed by atoms with Crippen LogP contribution in [0, 0.1) is 6.92 Å². The number of aliphatic hydroxyl groups is 1. The minimum absolute atomic E-state index is 0.494. The Morgan fingerprint density at radius 1 is 1.31 bits per heavy atom. The number of hydrogen-bond donors (Lipinski definition) is 1. The van der Waals surface area contributed by atoms with Crippen LogP contribution in [0.3, 0.4) is 0 Å². The van der Waals surface area contributed by atoms with Crippen LogP contribution < -0.4 is 0 Å². The number of sulfone groups is 1. The fraction of sp³-hybridized carbons (Fsp3) is 0.455. The number of alkyl halides is 1. The highest BCUT2D eigenvalue weighted by Gasteiger charge is 2.41.